The van der Waals surface area contributed by atoms with Crippen molar-refractivity contribution in [2.45, 2.75) is 39.7 Å². The van der Waals surface area contributed by atoms with Gasteiger partial charge in [0.25, 0.3) is 0 Å². The highest BCUT2D eigenvalue weighted by Gasteiger charge is 2.29. The van der Waals surface area contributed by atoms with Crippen molar-refractivity contribution in [3.63, 3.8) is 0 Å². The minimum absolute atomic E-state index is 0.0154. The van der Waals surface area contributed by atoms with Gasteiger partial charge in [0.2, 0.25) is 0 Å². The lowest BCUT2D eigenvalue weighted by atomic mass is 9.88. The lowest BCUT2D eigenvalue weighted by molar-refractivity contribution is -0.0191. The maximum atomic E-state index is 5.71. The molecule has 1 unspecified atom stereocenters. The second kappa shape index (κ2) is 5.60. The highest BCUT2D eigenvalue weighted by atomic mass is 35.5. The third-order valence-electron chi connectivity index (χ3n) is 2.23. The topological polar surface area (TPSA) is 35.0 Å². The van der Waals surface area contributed by atoms with Gasteiger partial charge in [0.05, 0.1) is 5.88 Å². The Kier molecular flexibility index (Phi) is 4.69. The van der Waals surface area contributed by atoms with Gasteiger partial charge in [-0.25, -0.2) is 9.97 Å². The van der Waals surface area contributed by atoms with Crippen molar-refractivity contribution in [3.8, 4) is 0 Å². The minimum atomic E-state index is -0.0816. The van der Waals surface area contributed by atoms with Gasteiger partial charge in [-0.1, -0.05) is 20.8 Å². The molecule has 90 valence electrons. The van der Waals surface area contributed by atoms with Gasteiger partial charge in [-0.2, -0.15) is 0 Å². The van der Waals surface area contributed by atoms with E-state index in [9.17, 15) is 0 Å². The molecule has 0 radical (unpaired) electrons. The maximum absolute atomic E-state index is 5.71. The zero-order valence-electron chi connectivity index (χ0n) is 10.3. The molecule has 0 aliphatic heterocycles. The molecule has 0 aromatic carbocycles. The van der Waals surface area contributed by atoms with Gasteiger partial charge in [0.15, 0.2) is 5.82 Å². The van der Waals surface area contributed by atoms with Gasteiger partial charge < -0.3 is 4.74 Å². The largest absolute Gasteiger partial charge is 0.370 e. The summed E-state index contributed by atoms with van der Waals surface area (Å²) in [5.74, 6) is 1.16. The van der Waals surface area contributed by atoms with Crippen LogP contribution in [0.3, 0.4) is 0 Å². The van der Waals surface area contributed by atoms with Crippen molar-refractivity contribution in [3.05, 3.63) is 23.8 Å². The highest BCUT2D eigenvalue weighted by molar-refractivity contribution is 6.17. The number of ether oxygens (including phenoxy) is 1. The summed E-state index contributed by atoms with van der Waals surface area (Å²) < 4.78 is 5.71. The number of nitrogens with zero attached hydrogens (tertiary/aromatic N) is 2. The van der Waals surface area contributed by atoms with E-state index >= 15 is 0 Å². The van der Waals surface area contributed by atoms with E-state index < -0.39 is 0 Å². The van der Waals surface area contributed by atoms with Crippen LogP contribution in [-0.4, -0.2) is 16.6 Å². The van der Waals surface area contributed by atoms with Crippen LogP contribution in [0.5, 0.6) is 0 Å². The average molecular weight is 243 g/mol. The van der Waals surface area contributed by atoms with Gasteiger partial charge >= 0.3 is 0 Å². The Labute approximate surface area is 102 Å². The molecule has 16 heavy (non-hydrogen) atoms. The minimum Gasteiger partial charge on any atom is -0.370 e. The maximum Gasteiger partial charge on any atom is 0.157 e. The molecule has 0 aliphatic carbocycles. The van der Waals surface area contributed by atoms with E-state index in [0.717, 1.165) is 11.4 Å². The predicted molar refractivity (Wildman–Crippen MR) is 65.4 cm³/mol. The molecule has 1 heterocycles. The van der Waals surface area contributed by atoms with Gasteiger partial charge in [-0.3, -0.25) is 0 Å². The molecule has 1 atom stereocenters. The molecule has 0 amide bonds. The third kappa shape index (κ3) is 3.42. The van der Waals surface area contributed by atoms with Crippen molar-refractivity contribution in [1.29, 1.82) is 0 Å². The van der Waals surface area contributed by atoms with Crippen molar-refractivity contribution in [1.82, 2.24) is 9.97 Å². The lowest BCUT2D eigenvalue weighted by Crippen LogP contribution is -2.23. The summed E-state index contributed by atoms with van der Waals surface area (Å²) in [7, 11) is 0. The van der Waals surface area contributed by atoms with Crippen molar-refractivity contribution < 1.29 is 4.74 Å². The van der Waals surface area contributed by atoms with Gasteiger partial charge in [0.1, 0.15) is 6.10 Å². The quantitative estimate of drug-likeness (QED) is 0.760. The first-order valence-electron chi connectivity index (χ1n) is 5.47. The fourth-order valence-corrected chi connectivity index (χ4v) is 1.59. The Hall–Kier alpha value is -0.670. The Bertz CT molecular complexity index is 319. The van der Waals surface area contributed by atoms with Crippen LogP contribution in [0, 0.1) is 5.41 Å². The molecule has 0 aliphatic rings. The number of halogens is 1. The zero-order valence-corrected chi connectivity index (χ0v) is 11.1. The van der Waals surface area contributed by atoms with Crippen molar-refractivity contribution in [2.24, 2.45) is 5.41 Å². The van der Waals surface area contributed by atoms with E-state index in [1.807, 2.05) is 6.92 Å². The van der Waals surface area contributed by atoms with Crippen LogP contribution in [-0.2, 0) is 10.6 Å². The molecule has 4 heteroatoms. The zero-order chi connectivity index (χ0) is 12.2. The van der Waals surface area contributed by atoms with Crippen LogP contribution in [0.2, 0.25) is 0 Å². The molecule has 0 saturated heterocycles. The third-order valence-corrected chi connectivity index (χ3v) is 2.54. The Balaban J connectivity index is 2.93. The monoisotopic (exact) mass is 242 g/mol. The Morgan fingerprint density at radius 1 is 1.31 bits per heavy atom. The SMILES string of the molecule is CCOC(c1ncc(CCl)cn1)C(C)(C)C. The van der Waals surface area contributed by atoms with Crippen molar-refractivity contribution in [2.75, 3.05) is 6.61 Å². The normalized spacial score (nSPS) is 13.8. The van der Waals surface area contributed by atoms with E-state index in [0.29, 0.717) is 12.5 Å². The number of hydrogen-bond donors (Lipinski definition) is 0. The Morgan fingerprint density at radius 2 is 1.88 bits per heavy atom. The first-order chi connectivity index (χ1) is 7.49. The summed E-state index contributed by atoms with van der Waals surface area (Å²) >= 11 is 5.70. The van der Waals surface area contributed by atoms with E-state index in [-0.39, 0.29) is 11.5 Å². The first kappa shape index (κ1) is 13.4. The van der Waals surface area contributed by atoms with Crippen molar-refractivity contribution >= 4 is 11.6 Å². The fourth-order valence-electron chi connectivity index (χ4n) is 1.45. The van der Waals surface area contributed by atoms with Crippen LogP contribution in [0.15, 0.2) is 12.4 Å². The standard InChI is InChI=1S/C12H19ClN2O/c1-5-16-10(12(2,3)4)11-14-7-9(6-13)8-15-11/h7-8,10H,5-6H2,1-4H3. The molecule has 0 bridgehead atoms. The molecule has 1 aromatic rings. The summed E-state index contributed by atoms with van der Waals surface area (Å²) in [4.78, 5) is 8.63. The lowest BCUT2D eigenvalue weighted by Gasteiger charge is -2.28. The van der Waals surface area contributed by atoms with Crippen LogP contribution < -0.4 is 0 Å². The first-order valence-corrected chi connectivity index (χ1v) is 6.01. The molecule has 1 rings (SSSR count). The van der Waals surface area contributed by atoms with Crippen LogP contribution in [0.25, 0.3) is 0 Å². The molecule has 3 nitrogen and oxygen atoms in total. The fraction of sp³-hybridized carbons (Fsp3) is 0.667. The number of aromatic nitrogens is 2. The smallest absolute Gasteiger partial charge is 0.157 e. The average Bonchev–Trinajstić information content (AvgIpc) is 2.25. The number of hydrogen-bond acceptors (Lipinski definition) is 3. The van der Waals surface area contributed by atoms with E-state index in [1.54, 1.807) is 12.4 Å². The number of rotatable bonds is 4. The summed E-state index contributed by atoms with van der Waals surface area (Å²) in [5.41, 5.74) is 0.910. The van der Waals surface area contributed by atoms with Crippen LogP contribution in [0.1, 0.15) is 45.2 Å². The van der Waals surface area contributed by atoms with Gasteiger partial charge in [0, 0.05) is 24.6 Å². The summed E-state index contributed by atoms with van der Waals surface area (Å²) in [5, 5.41) is 0. The molecule has 0 N–H and O–H groups in total. The molecule has 0 spiro atoms. The predicted octanol–water partition coefficient (Wildman–Crippen LogP) is 3.34. The summed E-state index contributed by atoms with van der Waals surface area (Å²) in [6, 6.07) is 0. The summed E-state index contributed by atoms with van der Waals surface area (Å²) in [6.07, 6.45) is 3.43. The molecule has 0 saturated carbocycles. The number of alkyl halides is 1. The van der Waals surface area contributed by atoms with E-state index in [1.165, 1.54) is 0 Å². The van der Waals surface area contributed by atoms with Gasteiger partial charge in [-0.15, -0.1) is 11.6 Å². The summed E-state index contributed by atoms with van der Waals surface area (Å²) in [6.45, 7) is 8.98. The van der Waals surface area contributed by atoms with Crippen LogP contribution >= 0.6 is 11.6 Å². The second-order valence-corrected chi connectivity index (χ2v) is 5.05. The van der Waals surface area contributed by atoms with E-state index in [2.05, 4.69) is 30.7 Å². The molecular formula is C12H19ClN2O. The van der Waals surface area contributed by atoms with Gasteiger partial charge in [-0.05, 0) is 12.3 Å². The molecule has 1 aromatic heterocycles. The van der Waals surface area contributed by atoms with E-state index in [4.69, 9.17) is 16.3 Å². The highest BCUT2D eigenvalue weighted by Crippen LogP contribution is 2.33. The second-order valence-electron chi connectivity index (χ2n) is 4.78. The molecule has 0 fully saturated rings. The molecular weight excluding hydrogens is 224 g/mol. The Morgan fingerprint density at radius 3 is 2.25 bits per heavy atom. The van der Waals surface area contributed by atoms with Crippen LogP contribution in [0.4, 0.5) is 0 Å².